The molecule has 0 N–H and O–H groups in total. The fourth-order valence-corrected chi connectivity index (χ4v) is 1.93. The molecule has 0 amide bonds. The maximum absolute atomic E-state index is 12.1. The Morgan fingerprint density at radius 2 is 1.33 bits per heavy atom. The third-order valence-electron chi connectivity index (χ3n) is 3.03. The first-order valence-electron chi connectivity index (χ1n) is 7.43. The van der Waals surface area contributed by atoms with Crippen LogP contribution in [-0.4, -0.2) is 13.2 Å². The molecule has 0 aliphatic carbocycles. The van der Waals surface area contributed by atoms with Gasteiger partial charge in [-0.3, -0.25) is 0 Å². The van der Waals surface area contributed by atoms with Crippen LogP contribution < -0.4 is 4.57 Å². The molecule has 2 nitrogen and oxygen atoms in total. The van der Waals surface area contributed by atoms with Gasteiger partial charge in [0.15, 0.2) is 12.4 Å². The van der Waals surface area contributed by atoms with Crippen molar-refractivity contribution in [2.75, 3.05) is 0 Å². The van der Waals surface area contributed by atoms with E-state index in [1.807, 2.05) is 63.5 Å². The Morgan fingerprint density at radius 3 is 1.75 bits per heavy atom. The van der Waals surface area contributed by atoms with E-state index in [0.29, 0.717) is 0 Å². The zero-order chi connectivity index (χ0) is 18.4. The van der Waals surface area contributed by atoms with Crippen LogP contribution in [0.25, 0.3) is 0 Å². The molecule has 0 bridgehead atoms. The molecule has 0 fully saturated rings. The first-order valence-corrected chi connectivity index (χ1v) is 7.43. The monoisotopic (exact) mass is 341 g/mol. The molecule has 2 rings (SSSR count). The van der Waals surface area contributed by atoms with Gasteiger partial charge in [0.1, 0.15) is 0 Å². The summed E-state index contributed by atoms with van der Waals surface area (Å²) in [4.78, 5) is 12.1. The van der Waals surface area contributed by atoms with Crippen LogP contribution in [0.3, 0.4) is 0 Å². The summed E-state index contributed by atoms with van der Waals surface area (Å²) in [5, 5.41) is 0. The number of aromatic nitrogens is 1. The molecule has 0 aliphatic rings. The number of carbonyl (C=O) groups excluding carboxylic acids is 1. The molecule has 0 atom stereocenters. The van der Waals surface area contributed by atoms with Crippen LogP contribution in [-0.2, 0) is 6.42 Å². The summed E-state index contributed by atoms with van der Waals surface area (Å²) in [5.74, 6) is 0.110. The summed E-state index contributed by atoms with van der Waals surface area (Å²) in [7, 11) is -6.00. The van der Waals surface area contributed by atoms with E-state index in [1.54, 1.807) is 4.57 Å². The minimum atomic E-state index is -6.00. The normalized spacial score (nSPS) is 11.5. The minimum absolute atomic E-state index is 0.110. The zero-order valence-electron chi connectivity index (χ0n) is 13.8. The molecule has 0 spiro atoms. The van der Waals surface area contributed by atoms with Crippen LogP contribution in [0.1, 0.15) is 36.7 Å². The Balaban J connectivity index is 0.000000505. The van der Waals surface area contributed by atoms with Gasteiger partial charge in [-0.2, -0.15) is 0 Å². The van der Waals surface area contributed by atoms with Crippen molar-refractivity contribution in [3.8, 4) is 0 Å². The largest absolute Gasteiger partial charge is 0.673 e. The Hall–Kier alpha value is -2.18. The highest BCUT2D eigenvalue weighted by atomic mass is 19.5. The first kappa shape index (κ1) is 19.9. The third kappa shape index (κ3) is 7.90. The van der Waals surface area contributed by atoms with E-state index >= 15 is 0 Å². The first-order chi connectivity index (χ1) is 11.0. The predicted molar refractivity (Wildman–Crippen MR) is 86.2 cm³/mol. The van der Waals surface area contributed by atoms with Gasteiger partial charge < -0.3 is 17.3 Å². The number of pyridine rings is 1. The molecule has 130 valence electrons. The van der Waals surface area contributed by atoms with Crippen LogP contribution in [0.5, 0.6) is 0 Å². The topological polar surface area (TPSA) is 20.9 Å². The maximum atomic E-state index is 12.1. The van der Waals surface area contributed by atoms with E-state index < -0.39 is 7.25 Å². The Kier molecular flexibility index (Phi) is 6.69. The average molecular weight is 341 g/mol. The quantitative estimate of drug-likeness (QED) is 0.446. The van der Waals surface area contributed by atoms with Gasteiger partial charge in [-0.15, -0.1) is 4.57 Å². The van der Waals surface area contributed by atoms with E-state index in [0.717, 1.165) is 6.42 Å². The smallest absolute Gasteiger partial charge is 0.418 e. The molecule has 0 aliphatic heterocycles. The zero-order valence-corrected chi connectivity index (χ0v) is 13.8. The fraction of sp³-hybridized carbons (Fsp3) is 0.294. The van der Waals surface area contributed by atoms with Gasteiger partial charge in [0, 0.05) is 12.1 Å². The number of benzene rings is 1. The van der Waals surface area contributed by atoms with Crippen LogP contribution >= 0.6 is 0 Å². The molecule has 0 radical (unpaired) electrons. The van der Waals surface area contributed by atoms with Crippen molar-refractivity contribution in [1.29, 1.82) is 0 Å². The van der Waals surface area contributed by atoms with Crippen LogP contribution in [0.2, 0.25) is 0 Å². The number of carbonyl (C=O) groups is 1. The Labute approximate surface area is 139 Å². The number of halogens is 4. The van der Waals surface area contributed by atoms with Crippen molar-refractivity contribution in [3.63, 3.8) is 0 Å². The van der Waals surface area contributed by atoms with E-state index in [-0.39, 0.29) is 11.3 Å². The lowest BCUT2D eigenvalue weighted by atomic mass is 9.95. The molecule has 24 heavy (non-hydrogen) atoms. The highest BCUT2D eigenvalue weighted by molar-refractivity contribution is 6.50. The van der Waals surface area contributed by atoms with E-state index in [1.165, 1.54) is 11.1 Å². The number of nitrogens with zero attached hydrogens (tertiary/aromatic N) is 1. The van der Waals surface area contributed by atoms with Gasteiger partial charge in [-0.25, -0.2) is 4.79 Å². The minimum Gasteiger partial charge on any atom is -0.418 e. The standard InChI is InChI=1S/C17H20NO.BF4/c1-17(2,3)16(19)18-11-9-15(10-12-18)13-14-7-5-4-6-8-14;2-1(3,4)5/h4-12H,13H2,1-3H3;/q+1;-1. The second-order valence-electron chi connectivity index (χ2n) is 6.33. The summed E-state index contributed by atoms with van der Waals surface area (Å²) < 4.78 is 40.7. The number of hydrogen-bond donors (Lipinski definition) is 0. The molecule has 1 aromatic carbocycles. The van der Waals surface area contributed by atoms with Crippen LogP contribution in [0.15, 0.2) is 54.9 Å². The summed E-state index contributed by atoms with van der Waals surface area (Å²) in [6.45, 7) is 5.79. The van der Waals surface area contributed by atoms with Gasteiger partial charge >= 0.3 is 13.2 Å². The summed E-state index contributed by atoms with van der Waals surface area (Å²) in [6.07, 6.45) is 4.60. The van der Waals surface area contributed by atoms with Crippen molar-refractivity contribution in [1.82, 2.24) is 0 Å². The highest BCUT2D eigenvalue weighted by Gasteiger charge is 2.30. The van der Waals surface area contributed by atoms with Crippen molar-refractivity contribution in [3.05, 3.63) is 66.0 Å². The van der Waals surface area contributed by atoms with Gasteiger partial charge in [-0.1, -0.05) is 30.3 Å². The second-order valence-corrected chi connectivity index (χ2v) is 6.33. The summed E-state index contributed by atoms with van der Waals surface area (Å²) >= 11 is 0. The summed E-state index contributed by atoms with van der Waals surface area (Å²) in [6, 6.07) is 14.4. The molecule has 7 heteroatoms. The van der Waals surface area contributed by atoms with Gasteiger partial charge in [-0.05, 0) is 38.3 Å². The maximum Gasteiger partial charge on any atom is 0.673 e. The van der Waals surface area contributed by atoms with Crippen molar-refractivity contribution in [2.45, 2.75) is 27.2 Å². The van der Waals surface area contributed by atoms with Crippen LogP contribution in [0, 0.1) is 5.41 Å². The molecule has 1 heterocycles. The third-order valence-corrected chi connectivity index (χ3v) is 3.03. The van der Waals surface area contributed by atoms with Crippen molar-refractivity contribution >= 4 is 13.2 Å². The lowest BCUT2D eigenvalue weighted by Gasteiger charge is -2.10. The van der Waals surface area contributed by atoms with Gasteiger partial charge in [0.05, 0.1) is 5.41 Å². The lowest BCUT2D eigenvalue weighted by molar-refractivity contribution is -0.579. The molecule has 0 unspecified atom stereocenters. The molecule has 0 saturated carbocycles. The predicted octanol–water partition coefficient (Wildman–Crippen LogP) is 4.55. The van der Waals surface area contributed by atoms with Gasteiger partial charge in [0.25, 0.3) is 0 Å². The fourth-order valence-electron chi connectivity index (χ4n) is 1.93. The molecular formula is C17H20BF4NO. The molecular weight excluding hydrogens is 321 g/mol. The van der Waals surface area contributed by atoms with Crippen LogP contribution in [0.4, 0.5) is 17.3 Å². The second kappa shape index (κ2) is 8.08. The number of rotatable bonds is 2. The molecule has 0 saturated heterocycles. The van der Waals surface area contributed by atoms with E-state index in [4.69, 9.17) is 0 Å². The van der Waals surface area contributed by atoms with E-state index in [9.17, 15) is 22.1 Å². The summed E-state index contributed by atoms with van der Waals surface area (Å²) in [5.41, 5.74) is 2.14. The molecule has 2 aromatic rings. The SMILES string of the molecule is CC(C)(C)C(=O)[n+]1ccc(Cc2ccccc2)cc1.F[B-](F)(F)F. The van der Waals surface area contributed by atoms with Crippen molar-refractivity contribution in [2.24, 2.45) is 5.41 Å². The number of hydrogen-bond acceptors (Lipinski definition) is 1. The van der Waals surface area contributed by atoms with E-state index in [2.05, 4.69) is 12.1 Å². The highest BCUT2D eigenvalue weighted by Crippen LogP contribution is 2.13. The molecule has 1 aromatic heterocycles. The van der Waals surface area contributed by atoms with Gasteiger partial charge in [0.2, 0.25) is 0 Å². The van der Waals surface area contributed by atoms with Crippen molar-refractivity contribution < 1.29 is 26.6 Å². The lowest BCUT2D eigenvalue weighted by Crippen LogP contribution is -2.48. The average Bonchev–Trinajstić information content (AvgIpc) is 2.46. The Morgan fingerprint density at radius 1 is 0.917 bits per heavy atom. The Bertz CT molecular complexity index is 643.